The SMILES string of the molecule is CCCCCNC(=O)C(=O)[C@@H]1C(=O)Nc2ccccc21. The van der Waals surface area contributed by atoms with Crippen LogP contribution >= 0.6 is 0 Å². The minimum atomic E-state index is -1.02. The Kier molecular flexibility index (Phi) is 4.50. The molecule has 2 N–H and O–H groups in total. The Morgan fingerprint density at radius 3 is 2.75 bits per heavy atom. The van der Waals surface area contributed by atoms with Gasteiger partial charge in [-0.05, 0) is 18.1 Å². The van der Waals surface area contributed by atoms with Crippen molar-refractivity contribution in [1.82, 2.24) is 5.32 Å². The second-order valence-electron chi connectivity index (χ2n) is 4.84. The number of carbonyl (C=O) groups excluding carboxylic acids is 3. The summed E-state index contributed by atoms with van der Waals surface area (Å²) in [6.07, 6.45) is 2.88. The summed E-state index contributed by atoms with van der Waals surface area (Å²) in [5.74, 6) is -2.82. The van der Waals surface area contributed by atoms with Crippen molar-refractivity contribution < 1.29 is 14.4 Å². The molecule has 1 aliphatic heterocycles. The number of rotatable bonds is 6. The van der Waals surface area contributed by atoms with Crippen LogP contribution in [0.2, 0.25) is 0 Å². The summed E-state index contributed by atoms with van der Waals surface area (Å²) in [6, 6.07) is 6.94. The number of hydrogen-bond acceptors (Lipinski definition) is 3. The number of fused-ring (bicyclic) bond motifs is 1. The van der Waals surface area contributed by atoms with E-state index in [1.165, 1.54) is 0 Å². The molecule has 0 aliphatic carbocycles. The standard InChI is InChI=1S/C15H18N2O3/c1-2-3-6-9-16-15(20)13(18)12-10-7-4-5-8-11(10)17-14(12)19/h4-5,7-8,12H,2-3,6,9H2,1H3,(H,16,20)(H,17,19)/t12-/m1/s1. The lowest BCUT2D eigenvalue weighted by Gasteiger charge is -2.08. The number of Topliss-reactive ketones (excluding diaryl/α,β-unsaturated/α-hetero) is 1. The van der Waals surface area contributed by atoms with Crippen molar-refractivity contribution in [3.63, 3.8) is 0 Å². The molecule has 1 heterocycles. The van der Waals surface area contributed by atoms with Crippen LogP contribution in [-0.2, 0) is 14.4 Å². The van der Waals surface area contributed by atoms with Crippen LogP contribution < -0.4 is 10.6 Å². The summed E-state index contributed by atoms with van der Waals surface area (Å²) < 4.78 is 0. The molecule has 1 aromatic rings. The van der Waals surface area contributed by atoms with Crippen LogP contribution in [0.25, 0.3) is 0 Å². The summed E-state index contributed by atoms with van der Waals surface area (Å²) in [4.78, 5) is 35.8. The number of para-hydroxylation sites is 1. The number of anilines is 1. The molecule has 0 spiro atoms. The van der Waals surface area contributed by atoms with Crippen molar-refractivity contribution in [3.05, 3.63) is 29.8 Å². The zero-order chi connectivity index (χ0) is 14.5. The third-order valence-electron chi connectivity index (χ3n) is 3.34. The molecule has 0 fully saturated rings. The first kappa shape index (κ1) is 14.2. The molecule has 20 heavy (non-hydrogen) atoms. The normalized spacial score (nSPS) is 16.4. The molecular formula is C15H18N2O3. The summed E-state index contributed by atoms with van der Waals surface area (Å²) in [7, 11) is 0. The molecule has 1 aliphatic rings. The number of benzene rings is 1. The van der Waals surface area contributed by atoms with E-state index in [0.29, 0.717) is 17.8 Å². The second-order valence-corrected chi connectivity index (χ2v) is 4.84. The Morgan fingerprint density at radius 1 is 1.25 bits per heavy atom. The van der Waals surface area contributed by atoms with Crippen molar-refractivity contribution in [2.45, 2.75) is 32.1 Å². The molecule has 5 nitrogen and oxygen atoms in total. The smallest absolute Gasteiger partial charge is 0.288 e. The summed E-state index contributed by atoms with van der Waals surface area (Å²) >= 11 is 0. The predicted octanol–water partition coefficient (Wildman–Crippen LogP) is 1.60. The summed E-state index contributed by atoms with van der Waals surface area (Å²) in [5, 5.41) is 5.20. The fourth-order valence-electron chi connectivity index (χ4n) is 2.26. The topological polar surface area (TPSA) is 75.3 Å². The van der Waals surface area contributed by atoms with Gasteiger partial charge in [0.2, 0.25) is 11.7 Å². The monoisotopic (exact) mass is 274 g/mol. The van der Waals surface area contributed by atoms with Crippen LogP contribution in [0.15, 0.2) is 24.3 Å². The van der Waals surface area contributed by atoms with E-state index in [1.54, 1.807) is 24.3 Å². The third-order valence-corrected chi connectivity index (χ3v) is 3.34. The first-order valence-electron chi connectivity index (χ1n) is 6.87. The largest absolute Gasteiger partial charge is 0.349 e. The molecule has 0 bridgehead atoms. The van der Waals surface area contributed by atoms with Crippen molar-refractivity contribution in [2.24, 2.45) is 0 Å². The molecular weight excluding hydrogens is 256 g/mol. The van der Waals surface area contributed by atoms with Gasteiger partial charge in [0.15, 0.2) is 0 Å². The molecule has 0 saturated heterocycles. The van der Waals surface area contributed by atoms with Crippen LogP contribution in [0.5, 0.6) is 0 Å². The van der Waals surface area contributed by atoms with Gasteiger partial charge >= 0.3 is 0 Å². The molecule has 0 unspecified atom stereocenters. The average Bonchev–Trinajstić information content (AvgIpc) is 2.78. The van der Waals surface area contributed by atoms with Crippen molar-refractivity contribution in [1.29, 1.82) is 0 Å². The van der Waals surface area contributed by atoms with Crippen molar-refractivity contribution in [3.8, 4) is 0 Å². The Balaban J connectivity index is 2.02. The number of amides is 2. The van der Waals surface area contributed by atoms with Gasteiger partial charge in [0, 0.05) is 12.2 Å². The van der Waals surface area contributed by atoms with Crippen LogP contribution in [-0.4, -0.2) is 24.1 Å². The van der Waals surface area contributed by atoms with Crippen LogP contribution in [0.1, 0.15) is 37.7 Å². The maximum atomic E-state index is 12.1. The van der Waals surface area contributed by atoms with E-state index in [9.17, 15) is 14.4 Å². The molecule has 0 saturated carbocycles. The highest BCUT2D eigenvalue weighted by Crippen LogP contribution is 2.32. The number of ketones is 1. The fourth-order valence-corrected chi connectivity index (χ4v) is 2.26. The number of hydrogen-bond donors (Lipinski definition) is 2. The minimum Gasteiger partial charge on any atom is -0.349 e. The second kappa shape index (κ2) is 6.32. The van der Waals surface area contributed by atoms with Gasteiger partial charge in [0.1, 0.15) is 5.92 Å². The Hall–Kier alpha value is -2.17. The molecule has 1 atom stereocenters. The maximum absolute atomic E-state index is 12.1. The number of carbonyl (C=O) groups is 3. The highest BCUT2D eigenvalue weighted by atomic mass is 16.2. The van der Waals surface area contributed by atoms with Gasteiger partial charge in [-0.25, -0.2) is 0 Å². The van der Waals surface area contributed by atoms with Gasteiger partial charge in [-0.15, -0.1) is 0 Å². The van der Waals surface area contributed by atoms with E-state index in [-0.39, 0.29) is 0 Å². The maximum Gasteiger partial charge on any atom is 0.288 e. The van der Waals surface area contributed by atoms with E-state index in [2.05, 4.69) is 17.6 Å². The van der Waals surface area contributed by atoms with Gasteiger partial charge in [-0.1, -0.05) is 38.0 Å². The van der Waals surface area contributed by atoms with Crippen molar-refractivity contribution >= 4 is 23.3 Å². The lowest BCUT2D eigenvalue weighted by atomic mass is 9.95. The summed E-state index contributed by atoms with van der Waals surface area (Å²) in [5.41, 5.74) is 1.18. The van der Waals surface area contributed by atoms with Crippen LogP contribution in [0, 0.1) is 0 Å². The zero-order valence-corrected chi connectivity index (χ0v) is 11.4. The molecule has 0 aromatic heterocycles. The minimum absolute atomic E-state index is 0.431. The van der Waals surface area contributed by atoms with Crippen LogP contribution in [0.4, 0.5) is 5.69 Å². The van der Waals surface area contributed by atoms with Gasteiger partial charge in [0.05, 0.1) is 0 Å². The Bertz CT molecular complexity index is 540. The number of nitrogens with one attached hydrogen (secondary N) is 2. The lowest BCUT2D eigenvalue weighted by Crippen LogP contribution is -2.37. The van der Waals surface area contributed by atoms with Gasteiger partial charge in [-0.3, -0.25) is 14.4 Å². The van der Waals surface area contributed by atoms with E-state index < -0.39 is 23.5 Å². The first-order chi connectivity index (χ1) is 9.65. The van der Waals surface area contributed by atoms with E-state index in [0.717, 1.165) is 19.3 Å². The Morgan fingerprint density at radius 2 is 2.00 bits per heavy atom. The molecule has 0 radical (unpaired) electrons. The van der Waals surface area contributed by atoms with Crippen LogP contribution in [0.3, 0.4) is 0 Å². The molecule has 2 rings (SSSR count). The molecule has 5 heteroatoms. The molecule has 2 amide bonds. The fraction of sp³-hybridized carbons (Fsp3) is 0.400. The highest BCUT2D eigenvalue weighted by Gasteiger charge is 2.39. The van der Waals surface area contributed by atoms with Crippen molar-refractivity contribution in [2.75, 3.05) is 11.9 Å². The molecule has 106 valence electrons. The highest BCUT2D eigenvalue weighted by molar-refractivity contribution is 6.44. The zero-order valence-electron chi connectivity index (χ0n) is 11.4. The third kappa shape index (κ3) is 2.87. The lowest BCUT2D eigenvalue weighted by molar-refractivity contribution is -0.140. The first-order valence-corrected chi connectivity index (χ1v) is 6.87. The predicted molar refractivity (Wildman–Crippen MR) is 75.4 cm³/mol. The van der Waals surface area contributed by atoms with Gasteiger partial charge in [0.25, 0.3) is 5.91 Å². The van der Waals surface area contributed by atoms with E-state index >= 15 is 0 Å². The van der Waals surface area contributed by atoms with Gasteiger partial charge in [-0.2, -0.15) is 0 Å². The van der Waals surface area contributed by atoms with E-state index in [4.69, 9.17) is 0 Å². The number of unbranched alkanes of at least 4 members (excludes halogenated alkanes) is 2. The Labute approximate surface area is 117 Å². The quantitative estimate of drug-likeness (QED) is 0.470. The average molecular weight is 274 g/mol. The summed E-state index contributed by atoms with van der Waals surface area (Å²) in [6.45, 7) is 2.53. The van der Waals surface area contributed by atoms with E-state index in [1.807, 2.05) is 0 Å². The van der Waals surface area contributed by atoms with Gasteiger partial charge < -0.3 is 10.6 Å². The molecule has 1 aromatic carbocycles.